The molecule has 1 aromatic rings. The third-order valence-electron chi connectivity index (χ3n) is 3.56. The quantitative estimate of drug-likeness (QED) is 0.630. The van der Waals surface area contributed by atoms with Gasteiger partial charge in [0.2, 0.25) is 5.91 Å². The minimum atomic E-state index is -0.331. The molecule has 0 aliphatic carbocycles. The van der Waals surface area contributed by atoms with Gasteiger partial charge in [-0.05, 0) is 24.6 Å². The highest BCUT2D eigenvalue weighted by Crippen LogP contribution is 2.15. The van der Waals surface area contributed by atoms with Gasteiger partial charge in [-0.15, -0.1) is 0 Å². The molecule has 1 aromatic carbocycles. The minimum absolute atomic E-state index is 0.0156. The van der Waals surface area contributed by atoms with E-state index in [1.165, 1.54) is 38.2 Å². The first-order chi connectivity index (χ1) is 10.2. The van der Waals surface area contributed by atoms with E-state index in [1.54, 1.807) is 12.1 Å². The van der Waals surface area contributed by atoms with Crippen LogP contribution in [0.2, 0.25) is 0 Å². The lowest BCUT2D eigenvalue weighted by Crippen LogP contribution is -2.12. The number of carbonyl (C=O) groups excluding carboxylic acids is 1. The Balaban J connectivity index is 2.21. The zero-order valence-electron chi connectivity index (χ0n) is 13.0. The van der Waals surface area contributed by atoms with Crippen molar-refractivity contribution >= 4 is 11.6 Å². The SMILES string of the molecule is CCCCCCCCCC(=O)Nc1ccc(F)c(CN)c1. The molecule has 3 N–H and O–H groups in total. The number of hydrogen-bond acceptors (Lipinski definition) is 2. The summed E-state index contributed by atoms with van der Waals surface area (Å²) in [6.07, 6.45) is 8.81. The van der Waals surface area contributed by atoms with Crippen LogP contribution in [0.15, 0.2) is 18.2 Å². The van der Waals surface area contributed by atoms with Gasteiger partial charge < -0.3 is 11.1 Å². The maximum atomic E-state index is 13.3. The van der Waals surface area contributed by atoms with E-state index in [4.69, 9.17) is 5.73 Å². The summed E-state index contributed by atoms with van der Waals surface area (Å²) in [5, 5.41) is 2.79. The number of unbranched alkanes of at least 4 members (excludes halogenated alkanes) is 6. The van der Waals surface area contributed by atoms with Crippen LogP contribution in [0.4, 0.5) is 10.1 Å². The third-order valence-corrected chi connectivity index (χ3v) is 3.56. The molecule has 0 bridgehead atoms. The van der Waals surface area contributed by atoms with E-state index in [1.807, 2.05) is 0 Å². The largest absolute Gasteiger partial charge is 0.326 e. The van der Waals surface area contributed by atoms with Crippen LogP contribution in [0, 0.1) is 5.82 Å². The van der Waals surface area contributed by atoms with E-state index < -0.39 is 0 Å². The van der Waals surface area contributed by atoms with Crippen molar-refractivity contribution in [1.29, 1.82) is 0 Å². The Morgan fingerprint density at radius 1 is 1.14 bits per heavy atom. The maximum Gasteiger partial charge on any atom is 0.224 e. The van der Waals surface area contributed by atoms with E-state index in [9.17, 15) is 9.18 Å². The van der Waals surface area contributed by atoms with Crippen LogP contribution >= 0.6 is 0 Å². The predicted molar refractivity (Wildman–Crippen MR) is 85.5 cm³/mol. The molecule has 3 nitrogen and oxygen atoms in total. The fraction of sp³-hybridized carbons (Fsp3) is 0.588. The number of carbonyl (C=O) groups is 1. The van der Waals surface area contributed by atoms with Crippen LogP contribution in [-0.2, 0) is 11.3 Å². The number of hydrogen-bond donors (Lipinski definition) is 2. The number of benzene rings is 1. The number of nitrogens with one attached hydrogen (secondary N) is 1. The summed E-state index contributed by atoms with van der Waals surface area (Å²) in [7, 11) is 0. The van der Waals surface area contributed by atoms with E-state index in [-0.39, 0.29) is 18.3 Å². The Morgan fingerprint density at radius 2 is 1.81 bits per heavy atom. The molecule has 1 rings (SSSR count). The molecule has 0 saturated carbocycles. The maximum absolute atomic E-state index is 13.3. The van der Waals surface area contributed by atoms with Gasteiger partial charge in [0.25, 0.3) is 0 Å². The smallest absolute Gasteiger partial charge is 0.224 e. The summed E-state index contributed by atoms with van der Waals surface area (Å²) in [6.45, 7) is 2.34. The summed E-state index contributed by atoms with van der Waals surface area (Å²) >= 11 is 0. The lowest BCUT2D eigenvalue weighted by molar-refractivity contribution is -0.116. The first-order valence-corrected chi connectivity index (χ1v) is 7.95. The average Bonchev–Trinajstić information content (AvgIpc) is 2.48. The predicted octanol–water partition coefficient (Wildman–Crippen LogP) is 4.36. The van der Waals surface area contributed by atoms with E-state index in [0.717, 1.165) is 12.8 Å². The van der Waals surface area contributed by atoms with Gasteiger partial charge in [0.1, 0.15) is 5.82 Å². The molecule has 0 spiro atoms. The van der Waals surface area contributed by atoms with Crippen LogP contribution in [0.1, 0.15) is 63.9 Å². The normalized spacial score (nSPS) is 10.6. The summed E-state index contributed by atoms with van der Waals surface area (Å²) < 4.78 is 13.3. The molecule has 0 fully saturated rings. The second kappa shape index (κ2) is 10.3. The molecule has 1 amide bonds. The number of amides is 1. The van der Waals surface area contributed by atoms with Gasteiger partial charge in [0, 0.05) is 24.2 Å². The van der Waals surface area contributed by atoms with Crippen molar-refractivity contribution in [3.8, 4) is 0 Å². The molecule has 0 unspecified atom stereocenters. The van der Waals surface area contributed by atoms with Crippen molar-refractivity contribution in [2.75, 3.05) is 5.32 Å². The van der Waals surface area contributed by atoms with E-state index >= 15 is 0 Å². The Kier molecular flexibility index (Phi) is 8.67. The van der Waals surface area contributed by atoms with Crippen LogP contribution < -0.4 is 11.1 Å². The van der Waals surface area contributed by atoms with Crippen LogP contribution in [0.25, 0.3) is 0 Å². The number of halogens is 1. The van der Waals surface area contributed by atoms with Gasteiger partial charge in [0.05, 0.1) is 0 Å². The Hall–Kier alpha value is -1.42. The van der Waals surface area contributed by atoms with Crippen molar-refractivity contribution in [3.63, 3.8) is 0 Å². The first-order valence-electron chi connectivity index (χ1n) is 7.95. The van der Waals surface area contributed by atoms with Crippen LogP contribution in [0.5, 0.6) is 0 Å². The highest BCUT2D eigenvalue weighted by atomic mass is 19.1. The molecule has 4 heteroatoms. The Bertz CT molecular complexity index is 435. The molecule has 0 aromatic heterocycles. The number of rotatable bonds is 10. The van der Waals surface area contributed by atoms with Gasteiger partial charge in [-0.25, -0.2) is 4.39 Å². The lowest BCUT2D eigenvalue weighted by atomic mass is 10.1. The minimum Gasteiger partial charge on any atom is -0.326 e. The Morgan fingerprint density at radius 3 is 2.48 bits per heavy atom. The van der Waals surface area contributed by atoms with Crippen molar-refractivity contribution in [1.82, 2.24) is 0 Å². The molecule has 118 valence electrons. The van der Waals surface area contributed by atoms with E-state index in [0.29, 0.717) is 17.7 Å². The number of nitrogens with two attached hydrogens (primary N) is 1. The second-order valence-corrected chi connectivity index (χ2v) is 5.43. The van der Waals surface area contributed by atoms with Crippen molar-refractivity contribution < 1.29 is 9.18 Å². The standard InChI is InChI=1S/C17H27FN2O/c1-2-3-4-5-6-7-8-9-17(21)20-15-10-11-16(18)14(12-15)13-19/h10-12H,2-9,13,19H2,1H3,(H,20,21). The molecule has 0 atom stereocenters. The number of anilines is 1. The molecule has 0 aliphatic heterocycles. The van der Waals surface area contributed by atoms with Gasteiger partial charge in [-0.1, -0.05) is 45.4 Å². The van der Waals surface area contributed by atoms with Crippen LogP contribution in [0.3, 0.4) is 0 Å². The zero-order chi connectivity index (χ0) is 15.5. The van der Waals surface area contributed by atoms with Crippen molar-refractivity contribution in [2.24, 2.45) is 5.73 Å². The average molecular weight is 294 g/mol. The second-order valence-electron chi connectivity index (χ2n) is 5.43. The first kappa shape index (κ1) is 17.6. The highest BCUT2D eigenvalue weighted by molar-refractivity contribution is 5.90. The van der Waals surface area contributed by atoms with Crippen molar-refractivity contribution in [3.05, 3.63) is 29.6 Å². The third kappa shape index (κ3) is 7.23. The molecule has 0 saturated heterocycles. The van der Waals surface area contributed by atoms with Gasteiger partial charge >= 0.3 is 0 Å². The van der Waals surface area contributed by atoms with E-state index in [2.05, 4.69) is 12.2 Å². The molecular weight excluding hydrogens is 267 g/mol. The monoisotopic (exact) mass is 294 g/mol. The molecule has 0 heterocycles. The van der Waals surface area contributed by atoms with Gasteiger partial charge in [0.15, 0.2) is 0 Å². The molecule has 0 radical (unpaired) electrons. The lowest BCUT2D eigenvalue weighted by Gasteiger charge is -2.07. The topological polar surface area (TPSA) is 55.1 Å². The summed E-state index contributed by atoms with van der Waals surface area (Å²) in [5.74, 6) is -0.347. The fourth-order valence-electron chi connectivity index (χ4n) is 2.28. The summed E-state index contributed by atoms with van der Waals surface area (Å²) in [5.41, 5.74) is 6.48. The zero-order valence-corrected chi connectivity index (χ0v) is 13.0. The van der Waals surface area contributed by atoms with Gasteiger partial charge in [-0.3, -0.25) is 4.79 Å². The summed E-state index contributed by atoms with van der Waals surface area (Å²) in [6, 6.07) is 4.50. The van der Waals surface area contributed by atoms with Gasteiger partial charge in [-0.2, -0.15) is 0 Å². The molecule has 0 aliphatic rings. The van der Waals surface area contributed by atoms with Crippen LogP contribution in [-0.4, -0.2) is 5.91 Å². The highest BCUT2D eigenvalue weighted by Gasteiger charge is 2.05. The molecule has 21 heavy (non-hydrogen) atoms. The summed E-state index contributed by atoms with van der Waals surface area (Å²) in [4.78, 5) is 11.8. The Labute approximate surface area is 127 Å². The fourth-order valence-corrected chi connectivity index (χ4v) is 2.28. The molecular formula is C17H27FN2O. The van der Waals surface area contributed by atoms with Crippen molar-refractivity contribution in [2.45, 2.75) is 64.8 Å².